The molecular weight excluding hydrogens is 244 g/mol. The van der Waals surface area contributed by atoms with Gasteiger partial charge in [-0.25, -0.2) is 4.79 Å². The predicted octanol–water partition coefficient (Wildman–Crippen LogP) is 1.74. The lowest BCUT2D eigenvalue weighted by Crippen LogP contribution is -2.13. The molecule has 2 heterocycles. The Balaban J connectivity index is 2.24. The average Bonchev–Trinajstić information content (AvgIpc) is 2.71. The van der Waals surface area contributed by atoms with Crippen LogP contribution in [0.25, 0.3) is 11.0 Å². The van der Waals surface area contributed by atoms with Crippen LogP contribution in [0.1, 0.15) is 12.5 Å². The molecule has 0 spiro atoms. The molecule has 0 saturated carbocycles. The Kier molecular flexibility index (Phi) is 2.55. The maximum absolute atomic E-state index is 11.9. The molecule has 3 rings (SSSR count). The van der Waals surface area contributed by atoms with Crippen molar-refractivity contribution in [2.75, 3.05) is 23.8 Å². The van der Waals surface area contributed by atoms with Gasteiger partial charge >= 0.3 is 5.63 Å². The van der Waals surface area contributed by atoms with Gasteiger partial charge in [0.15, 0.2) is 0 Å². The maximum atomic E-state index is 11.9. The van der Waals surface area contributed by atoms with Crippen LogP contribution in [-0.4, -0.2) is 19.5 Å². The zero-order valence-electron chi connectivity index (χ0n) is 10.8. The average molecular weight is 258 g/mol. The quantitative estimate of drug-likeness (QED) is 0.791. The minimum absolute atomic E-state index is 0.153. The Morgan fingerprint density at radius 1 is 1.42 bits per heavy atom. The van der Waals surface area contributed by atoms with Gasteiger partial charge < -0.3 is 14.6 Å². The molecule has 19 heavy (non-hydrogen) atoms. The van der Waals surface area contributed by atoms with E-state index in [1.807, 2.05) is 19.2 Å². The zero-order chi connectivity index (χ0) is 13.6. The lowest BCUT2D eigenvalue weighted by atomic mass is 10.1. The smallest absolute Gasteiger partial charge is 0.341 e. The normalized spacial score (nSPS) is 13.7. The highest BCUT2D eigenvalue weighted by molar-refractivity contribution is 5.97. The van der Waals surface area contributed by atoms with Gasteiger partial charge in [0.05, 0.1) is 11.3 Å². The van der Waals surface area contributed by atoms with Gasteiger partial charge in [-0.15, -0.1) is 0 Å². The molecule has 1 amide bonds. The van der Waals surface area contributed by atoms with E-state index >= 15 is 0 Å². The summed E-state index contributed by atoms with van der Waals surface area (Å²) in [4.78, 5) is 25.0. The molecule has 0 radical (unpaired) electrons. The fraction of sp³-hybridized carbons (Fsp3) is 0.286. The van der Waals surface area contributed by atoms with E-state index in [1.54, 1.807) is 6.07 Å². The van der Waals surface area contributed by atoms with Crippen molar-refractivity contribution in [3.8, 4) is 0 Å². The number of rotatable bonds is 1. The van der Waals surface area contributed by atoms with E-state index in [0.717, 1.165) is 29.6 Å². The Morgan fingerprint density at radius 2 is 2.21 bits per heavy atom. The molecule has 1 N–H and O–H groups in total. The molecule has 0 fully saturated rings. The summed E-state index contributed by atoms with van der Waals surface area (Å²) in [5.41, 5.74) is 2.53. The fourth-order valence-electron chi connectivity index (χ4n) is 2.55. The van der Waals surface area contributed by atoms with E-state index in [1.165, 1.54) is 6.92 Å². The molecule has 1 aliphatic rings. The number of hydrogen-bond donors (Lipinski definition) is 1. The molecule has 0 saturated heterocycles. The van der Waals surface area contributed by atoms with E-state index < -0.39 is 0 Å². The second-order valence-electron chi connectivity index (χ2n) is 4.78. The summed E-state index contributed by atoms with van der Waals surface area (Å²) < 4.78 is 5.34. The monoisotopic (exact) mass is 258 g/mol. The third-order valence-electron chi connectivity index (χ3n) is 3.37. The van der Waals surface area contributed by atoms with Crippen molar-refractivity contribution in [1.82, 2.24) is 0 Å². The number of nitrogens with zero attached hydrogens (tertiary/aromatic N) is 1. The molecule has 0 bridgehead atoms. The van der Waals surface area contributed by atoms with Crippen LogP contribution < -0.4 is 15.8 Å². The maximum Gasteiger partial charge on any atom is 0.341 e. The van der Waals surface area contributed by atoms with Crippen molar-refractivity contribution in [3.05, 3.63) is 34.2 Å². The Bertz CT molecular complexity index is 733. The molecule has 0 aliphatic carbocycles. The predicted molar refractivity (Wildman–Crippen MR) is 73.8 cm³/mol. The summed E-state index contributed by atoms with van der Waals surface area (Å²) in [6.07, 6.45) is 0.720. The lowest BCUT2D eigenvalue weighted by molar-refractivity contribution is -0.114. The highest BCUT2D eigenvalue weighted by Gasteiger charge is 2.23. The molecule has 1 aromatic carbocycles. The van der Waals surface area contributed by atoms with Crippen molar-refractivity contribution in [1.29, 1.82) is 0 Å². The Hall–Kier alpha value is -2.30. The van der Waals surface area contributed by atoms with Crippen molar-refractivity contribution < 1.29 is 9.21 Å². The summed E-state index contributed by atoms with van der Waals surface area (Å²) in [6.45, 7) is 2.27. The van der Waals surface area contributed by atoms with Crippen molar-refractivity contribution >= 4 is 28.3 Å². The number of amides is 1. The number of hydrogen-bond acceptors (Lipinski definition) is 4. The van der Waals surface area contributed by atoms with Crippen molar-refractivity contribution in [2.45, 2.75) is 13.3 Å². The molecule has 5 heteroatoms. The third-order valence-corrected chi connectivity index (χ3v) is 3.37. The second-order valence-corrected chi connectivity index (χ2v) is 4.78. The van der Waals surface area contributed by atoms with E-state index in [2.05, 4.69) is 10.2 Å². The van der Waals surface area contributed by atoms with Gasteiger partial charge in [-0.05, 0) is 18.6 Å². The van der Waals surface area contributed by atoms with Gasteiger partial charge in [0.2, 0.25) is 5.91 Å². The number of likely N-dealkylation sites (N-methyl/N-ethyl adjacent to an activating group) is 1. The first-order valence-corrected chi connectivity index (χ1v) is 6.15. The van der Waals surface area contributed by atoms with E-state index in [9.17, 15) is 9.59 Å². The summed E-state index contributed by atoms with van der Waals surface area (Å²) in [5.74, 6) is -0.153. The number of benzene rings is 1. The summed E-state index contributed by atoms with van der Waals surface area (Å²) in [5, 5.41) is 3.59. The minimum Gasteiger partial charge on any atom is -0.422 e. The molecule has 5 nitrogen and oxygen atoms in total. The largest absolute Gasteiger partial charge is 0.422 e. The summed E-state index contributed by atoms with van der Waals surface area (Å²) in [7, 11) is 1.96. The zero-order valence-corrected chi connectivity index (χ0v) is 10.8. The van der Waals surface area contributed by atoms with Crippen LogP contribution in [0.3, 0.4) is 0 Å². The molecule has 2 aromatic rings. The molecule has 1 aliphatic heterocycles. The van der Waals surface area contributed by atoms with E-state index in [-0.39, 0.29) is 11.5 Å². The first-order valence-electron chi connectivity index (χ1n) is 6.15. The lowest BCUT2D eigenvalue weighted by Gasteiger charge is -2.14. The standard InChI is InChI=1S/C14H14N2O3/c1-8(17)15-9-3-4-10-12(7-9)19-14(18)11-5-6-16(2)13(10)11/h3-4,7H,5-6H2,1-2H3,(H,15,17). The fourth-order valence-corrected chi connectivity index (χ4v) is 2.55. The highest BCUT2D eigenvalue weighted by Crippen LogP contribution is 2.33. The van der Waals surface area contributed by atoms with Crippen LogP contribution in [0.5, 0.6) is 0 Å². The Labute approximate surface area is 109 Å². The molecular formula is C14H14N2O3. The van der Waals surface area contributed by atoms with Gasteiger partial charge in [0, 0.05) is 37.7 Å². The Morgan fingerprint density at radius 3 is 2.95 bits per heavy atom. The van der Waals surface area contributed by atoms with Gasteiger partial charge in [0.1, 0.15) is 5.58 Å². The van der Waals surface area contributed by atoms with E-state index in [4.69, 9.17) is 4.42 Å². The van der Waals surface area contributed by atoms with E-state index in [0.29, 0.717) is 11.3 Å². The number of carbonyl (C=O) groups is 1. The van der Waals surface area contributed by atoms with Crippen LogP contribution in [0.2, 0.25) is 0 Å². The molecule has 98 valence electrons. The van der Waals surface area contributed by atoms with Crippen LogP contribution in [-0.2, 0) is 11.2 Å². The number of fused-ring (bicyclic) bond motifs is 3. The van der Waals surface area contributed by atoms with Crippen LogP contribution >= 0.6 is 0 Å². The summed E-state index contributed by atoms with van der Waals surface area (Å²) in [6, 6.07) is 5.38. The first-order chi connectivity index (χ1) is 9.06. The SMILES string of the molecule is CC(=O)Nc1ccc2c3c(c(=O)oc2c1)CCN3C. The molecule has 0 atom stereocenters. The molecule has 1 aromatic heterocycles. The van der Waals surface area contributed by atoms with Crippen LogP contribution in [0.15, 0.2) is 27.4 Å². The van der Waals surface area contributed by atoms with Gasteiger partial charge in [-0.2, -0.15) is 0 Å². The second kappa shape index (κ2) is 4.12. The number of anilines is 2. The number of carbonyl (C=O) groups excluding carboxylic acids is 1. The van der Waals surface area contributed by atoms with Gasteiger partial charge in [-0.3, -0.25) is 4.79 Å². The minimum atomic E-state index is -0.285. The topological polar surface area (TPSA) is 62.6 Å². The van der Waals surface area contributed by atoms with Gasteiger partial charge in [-0.1, -0.05) is 0 Å². The highest BCUT2D eigenvalue weighted by atomic mass is 16.4. The van der Waals surface area contributed by atoms with Crippen LogP contribution in [0, 0.1) is 0 Å². The van der Waals surface area contributed by atoms with Crippen molar-refractivity contribution in [3.63, 3.8) is 0 Å². The van der Waals surface area contributed by atoms with Crippen molar-refractivity contribution in [2.24, 2.45) is 0 Å². The summed E-state index contributed by atoms with van der Waals surface area (Å²) >= 11 is 0. The number of nitrogens with one attached hydrogen (secondary N) is 1. The van der Waals surface area contributed by atoms with Gasteiger partial charge in [0.25, 0.3) is 0 Å². The first kappa shape index (κ1) is 11.8. The molecule has 0 unspecified atom stereocenters. The third kappa shape index (κ3) is 1.87. The van der Waals surface area contributed by atoms with Crippen LogP contribution in [0.4, 0.5) is 11.4 Å².